The van der Waals surface area contributed by atoms with Gasteiger partial charge in [-0.3, -0.25) is 9.59 Å². The smallest absolute Gasteiger partial charge is 0.238 e. The number of anilines is 1. The van der Waals surface area contributed by atoms with Gasteiger partial charge in [0.2, 0.25) is 11.8 Å². The van der Waals surface area contributed by atoms with Crippen LogP contribution in [0.1, 0.15) is 18.4 Å². The molecule has 33 heavy (non-hydrogen) atoms. The molecule has 1 atom stereocenters. The number of carbonyl (C=O) groups is 2. The Kier molecular flexibility index (Phi) is 7.05. The molecule has 1 N–H and O–H groups in total. The number of fused-ring (bicyclic) bond motifs is 1. The third-order valence-electron chi connectivity index (χ3n) is 5.72. The lowest BCUT2D eigenvalue weighted by Gasteiger charge is -2.30. The van der Waals surface area contributed by atoms with Crippen molar-refractivity contribution in [3.8, 4) is 17.2 Å². The van der Waals surface area contributed by atoms with Crippen LogP contribution in [0.5, 0.6) is 17.2 Å². The standard InChI is InChI=1S/C24H25ClN2O5S/c1-30-16-11-18(31-2)23(19(12-16)32-3)14-6-8-27(9-7-14)22(28)13-21-24(29)26-17-10-15(25)4-5-20(17)33-21/h4-6,10-12,21H,7-9,13H2,1-3H3,(H,26,29). The Morgan fingerprint density at radius 1 is 1.15 bits per heavy atom. The van der Waals surface area contributed by atoms with E-state index in [2.05, 4.69) is 5.32 Å². The first kappa shape index (κ1) is 23.3. The molecule has 2 aliphatic heterocycles. The number of hydrogen-bond donors (Lipinski definition) is 1. The lowest BCUT2D eigenvalue weighted by Crippen LogP contribution is -2.39. The SMILES string of the molecule is COc1cc(OC)c(C2=CCN(C(=O)CC3Sc4ccc(Cl)cc4NC3=O)CC2)c(OC)c1. The molecule has 2 heterocycles. The van der Waals surface area contributed by atoms with Crippen LogP contribution in [0, 0.1) is 0 Å². The Balaban J connectivity index is 1.46. The third-order valence-corrected chi connectivity index (χ3v) is 7.23. The molecular weight excluding hydrogens is 464 g/mol. The topological polar surface area (TPSA) is 77.1 Å². The Bertz CT molecular complexity index is 1100. The predicted molar refractivity (Wildman–Crippen MR) is 130 cm³/mol. The maximum Gasteiger partial charge on any atom is 0.238 e. The number of halogens is 1. The van der Waals surface area contributed by atoms with Gasteiger partial charge in [-0.2, -0.15) is 0 Å². The van der Waals surface area contributed by atoms with Crippen LogP contribution in [0.2, 0.25) is 5.02 Å². The van der Waals surface area contributed by atoms with E-state index in [1.54, 1.807) is 38.4 Å². The van der Waals surface area contributed by atoms with Crippen LogP contribution < -0.4 is 19.5 Å². The normalized spacial score (nSPS) is 17.6. The largest absolute Gasteiger partial charge is 0.496 e. The average Bonchev–Trinajstić information content (AvgIpc) is 2.83. The highest BCUT2D eigenvalue weighted by Gasteiger charge is 2.31. The lowest BCUT2D eigenvalue weighted by molar-refractivity contribution is -0.132. The molecule has 0 radical (unpaired) electrons. The van der Waals surface area contributed by atoms with Gasteiger partial charge in [0.15, 0.2) is 0 Å². The van der Waals surface area contributed by atoms with Crippen LogP contribution in [0.3, 0.4) is 0 Å². The lowest BCUT2D eigenvalue weighted by atomic mass is 9.97. The van der Waals surface area contributed by atoms with Gasteiger partial charge >= 0.3 is 0 Å². The molecule has 2 aromatic rings. The van der Waals surface area contributed by atoms with Gasteiger partial charge in [-0.05, 0) is 30.2 Å². The summed E-state index contributed by atoms with van der Waals surface area (Å²) in [6.45, 7) is 1.01. The fraction of sp³-hybridized carbons (Fsp3) is 0.333. The second kappa shape index (κ2) is 9.97. The Labute approximate surface area is 202 Å². The number of nitrogens with zero attached hydrogens (tertiary/aromatic N) is 1. The van der Waals surface area contributed by atoms with Gasteiger partial charge in [-0.25, -0.2) is 0 Å². The van der Waals surface area contributed by atoms with E-state index >= 15 is 0 Å². The van der Waals surface area contributed by atoms with Gasteiger partial charge in [0.1, 0.15) is 17.2 Å². The molecule has 0 aromatic heterocycles. The van der Waals surface area contributed by atoms with Gasteiger partial charge in [0.25, 0.3) is 0 Å². The molecule has 0 fully saturated rings. The number of hydrogen-bond acceptors (Lipinski definition) is 6. The second-order valence-electron chi connectivity index (χ2n) is 7.67. The molecule has 0 saturated heterocycles. The van der Waals surface area contributed by atoms with Gasteiger partial charge in [-0.15, -0.1) is 11.8 Å². The first-order chi connectivity index (χ1) is 15.9. The summed E-state index contributed by atoms with van der Waals surface area (Å²) in [6, 6.07) is 9.01. The zero-order valence-electron chi connectivity index (χ0n) is 18.6. The maximum absolute atomic E-state index is 13.0. The molecule has 7 nitrogen and oxygen atoms in total. The summed E-state index contributed by atoms with van der Waals surface area (Å²) in [4.78, 5) is 28.2. The zero-order chi connectivity index (χ0) is 23.5. The minimum atomic E-state index is -0.474. The van der Waals surface area contributed by atoms with E-state index < -0.39 is 5.25 Å². The van der Waals surface area contributed by atoms with E-state index in [1.165, 1.54) is 11.8 Å². The van der Waals surface area contributed by atoms with Crippen molar-refractivity contribution in [3.05, 3.63) is 47.0 Å². The molecule has 0 aliphatic carbocycles. The molecule has 0 bridgehead atoms. The monoisotopic (exact) mass is 488 g/mol. The van der Waals surface area contributed by atoms with Crippen molar-refractivity contribution in [2.24, 2.45) is 0 Å². The Morgan fingerprint density at radius 3 is 2.48 bits per heavy atom. The van der Waals surface area contributed by atoms with Crippen molar-refractivity contribution in [3.63, 3.8) is 0 Å². The van der Waals surface area contributed by atoms with Crippen LogP contribution >= 0.6 is 23.4 Å². The molecule has 2 aromatic carbocycles. The summed E-state index contributed by atoms with van der Waals surface area (Å²) in [5.74, 6) is 1.73. The molecule has 0 spiro atoms. The van der Waals surface area contributed by atoms with Gasteiger partial charge in [0.05, 0.1) is 37.8 Å². The number of benzene rings is 2. The van der Waals surface area contributed by atoms with Crippen LogP contribution in [0.25, 0.3) is 5.57 Å². The first-order valence-corrected chi connectivity index (χ1v) is 11.7. The molecule has 1 unspecified atom stereocenters. The van der Waals surface area contributed by atoms with E-state index in [1.807, 2.05) is 24.3 Å². The molecule has 2 amide bonds. The summed E-state index contributed by atoms with van der Waals surface area (Å²) in [6.07, 6.45) is 2.80. The number of ether oxygens (including phenoxy) is 3. The van der Waals surface area contributed by atoms with E-state index in [4.69, 9.17) is 25.8 Å². The van der Waals surface area contributed by atoms with Gasteiger partial charge in [-0.1, -0.05) is 17.7 Å². The van der Waals surface area contributed by atoms with Crippen molar-refractivity contribution in [1.29, 1.82) is 0 Å². The summed E-state index contributed by atoms with van der Waals surface area (Å²) in [5.41, 5.74) is 2.60. The molecule has 0 saturated carbocycles. The highest BCUT2D eigenvalue weighted by molar-refractivity contribution is 8.01. The van der Waals surface area contributed by atoms with Crippen LogP contribution in [-0.2, 0) is 9.59 Å². The van der Waals surface area contributed by atoms with Crippen LogP contribution in [0.4, 0.5) is 5.69 Å². The fourth-order valence-corrected chi connectivity index (χ4v) is 5.24. The number of methoxy groups -OCH3 is 3. The van der Waals surface area contributed by atoms with Crippen molar-refractivity contribution < 1.29 is 23.8 Å². The van der Waals surface area contributed by atoms with E-state index in [0.29, 0.717) is 47.5 Å². The highest BCUT2D eigenvalue weighted by atomic mass is 35.5. The number of thioether (sulfide) groups is 1. The van der Waals surface area contributed by atoms with Crippen molar-refractivity contribution in [1.82, 2.24) is 4.90 Å². The summed E-state index contributed by atoms with van der Waals surface area (Å²) < 4.78 is 16.5. The summed E-state index contributed by atoms with van der Waals surface area (Å²) in [7, 11) is 4.81. The van der Waals surface area contributed by atoms with Crippen molar-refractivity contribution in [2.75, 3.05) is 39.7 Å². The Morgan fingerprint density at radius 2 is 1.88 bits per heavy atom. The zero-order valence-corrected chi connectivity index (χ0v) is 20.2. The van der Waals surface area contributed by atoms with Gasteiger partial charge in [0, 0.05) is 41.6 Å². The first-order valence-electron chi connectivity index (χ1n) is 10.5. The van der Waals surface area contributed by atoms with Crippen molar-refractivity contribution >= 4 is 46.4 Å². The predicted octanol–water partition coefficient (Wildman–Crippen LogP) is 4.48. The maximum atomic E-state index is 13.0. The third kappa shape index (κ3) is 4.91. The second-order valence-corrected chi connectivity index (χ2v) is 9.35. The molecule has 2 aliphatic rings. The quantitative estimate of drug-likeness (QED) is 0.645. The van der Waals surface area contributed by atoms with Crippen LogP contribution in [0.15, 0.2) is 41.3 Å². The minimum Gasteiger partial charge on any atom is -0.496 e. The fourth-order valence-electron chi connectivity index (χ4n) is 3.99. The van der Waals surface area contributed by atoms with Crippen molar-refractivity contribution in [2.45, 2.75) is 23.0 Å². The minimum absolute atomic E-state index is 0.0518. The number of rotatable bonds is 6. The number of carbonyl (C=O) groups excluding carboxylic acids is 2. The Hall–Kier alpha value is -2.84. The number of nitrogens with one attached hydrogen (secondary N) is 1. The van der Waals surface area contributed by atoms with E-state index in [-0.39, 0.29) is 18.2 Å². The molecular formula is C24H25ClN2O5S. The molecule has 9 heteroatoms. The summed E-state index contributed by atoms with van der Waals surface area (Å²) in [5, 5.41) is 2.94. The number of amides is 2. The van der Waals surface area contributed by atoms with Crippen LogP contribution in [-0.4, -0.2) is 56.4 Å². The molecule has 174 valence electrons. The van der Waals surface area contributed by atoms with E-state index in [9.17, 15) is 9.59 Å². The molecule has 4 rings (SSSR count). The van der Waals surface area contributed by atoms with E-state index in [0.717, 1.165) is 16.0 Å². The highest BCUT2D eigenvalue weighted by Crippen LogP contribution is 2.41. The summed E-state index contributed by atoms with van der Waals surface area (Å²) >= 11 is 7.41. The van der Waals surface area contributed by atoms with Gasteiger partial charge < -0.3 is 24.4 Å². The average molecular weight is 489 g/mol.